The smallest absolute Gasteiger partial charge is 0.396 e. The molecule has 0 amide bonds. The summed E-state index contributed by atoms with van der Waals surface area (Å²) in [6, 6.07) is 3.05. The van der Waals surface area contributed by atoms with Crippen molar-refractivity contribution in [3.63, 3.8) is 0 Å². The summed E-state index contributed by atoms with van der Waals surface area (Å²) in [4.78, 5) is 0. The Labute approximate surface area is 111 Å². The van der Waals surface area contributed by atoms with Gasteiger partial charge in [-0.15, -0.1) is 0 Å². The van der Waals surface area contributed by atoms with Crippen molar-refractivity contribution >= 4 is 0 Å². The first-order valence-electron chi connectivity index (χ1n) is 5.74. The Bertz CT molecular complexity index is 507. The number of alkyl halides is 3. The highest BCUT2D eigenvalue weighted by molar-refractivity contribution is 5.30. The summed E-state index contributed by atoms with van der Waals surface area (Å²) in [5.41, 5.74) is 3.42. The number of halogens is 5. The Hall–Kier alpha value is -1.25. The van der Waals surface area contributed by atoms with E-state index in [2.05, 4.69) is 4.74 Å². The average molecular weight is 297 g/mol. The maximum Gasteiger partial charge on any atom is 0.415 e. The van der Waals surface area contributed by atoms with Crippen molar-refractivity contribution in [2.75, 3.05) is 13.2 Å². The summed E-state index contributed by atoms with van der Waals surface area (Å²) in [5.74, 6) is -4.17. The van der Waals surface area contributed by atoms with Crippen LogP contribution in [0.4, 0.5) is 22.0 Å². The lowest BCUT2D eigenvalue weighted by Gasteiger charge is -2.31. The molecule has 1 heterocycles. The summed E-state index contributed by atoms with van der Waals surface area (Å²) in [7, 11) is 0. The first kappa shape index (κ1) is 15.1. The molecular weight excluding hydrogens is 285 g/mol. The fourth-order valence-electron chi connectivity index (χ4n) is 2.44. The van der Waals surface area contributed by atoms with Crippen molar-refractivity contribution in [3.8, 4) is 0 Å². The molecule has 0 unspecified atom stereocenters. The maximum absolute atomic E-state index is 13.8. The maximum atomic E-state index is 13.8. The number of ether oxygens (including phenoxy) is 1. The monoisotopic (exact) mass is 297 g/mol. The van der Waals surface area contributed by atoms with E-state index in [-0.39, 0.29) is 0 Å². The molecule has 8 heteroatoms. The number of hydrogen-bond acceptors (Lipinski definition) is 3. The van der Waals surface area contributed by atoms with Gasteiger partial charge in [0.2, 0.25) is 0 Å². The molecule has 112 valence electrons. The molecule has 1 aromatic rings. The van der Waals surface area contributed by atoms with Crippen LogP contribution in [0, 0.1) is 17.6 Å². The van der Waals surface area contributed by atoms with Gasteiger partial charge in [-0.1, -0.05) is 12.1 Å². The van der Waals surface area contributed by atoms with Gasteiger partial charge in [0.1, 0.15) is 0 Å². The zero-order valence-electron chi connectivity index (χ0n) is 10.1. The lowest BCUT2D eigenvalue weighted by Crippen LogP contribution is -2.50. The number of benzene rings is 1. The summed E-state index contributed by atoms with van der Waals surface area (Å²) in [5, 5.41) is 9.18. The van der Waals surface area contributed by atoms with Crippen LogP contribution in [0.2, 0.25) is 0 Å². The molecule has 3 nitrogen and oxygen atoms in total. The molecule has 20 heavy (non-hydrogen) atoms. The molecule has 3 atom stereocenters. The minimum atomic E-state index is -4.75. The highest BCUT2D eigenvalue weighted by atomic mass is 19.4. The SMILES string of the molecule is N[C@@]1(c2cccc(F)c2F)CO[C@H](C(F)(F)F)[C@H]1CO. The molecule has 1 aliphatic rings. The Balaban J connectivity index is 2.47. The third-order valence-corrected chi connectivity index (χ3v) is 3.50. The van der Waals surface area contributed by atoms with Gasteiger partial charge in [0.05, 0.1) is 18.8 Å². The number of nitrogens with two attached hydrogens (primary N) is 1. The van der Waals surface area contributed by atoms with Crippen molar-refractivity contribution in [1.29, 1.82) is 0 Å². The first-order chi connectivity index (χ1) is 9.21. The van der Waals surface area contributed by atoms with Crippen LogP contribution in [0.25, 0.3) is 0 Å². The Morgan fingerprint density at radius 2 is 2.00 bits per heavy atom. The molecular formula is C12H12F5NO2. The van der Waals surface area contributed by atoms with E-state index in [4.69, 9.17) is 5.73 Å². The van der Waals surface area contributed by atoms with E-state index in [0.29, 0.717) is 0 Å². The molecule has 3 N–H and O–H groups in total. The zero-order valence-corrected chi connectivity index (χ0v) is 10.1. The van der Waals surface area contributed by atoms with E-state index < -0.39 is 54.1 Å². The van der Waals surface area contributed by atoms with Crippen LogP contribution in [0.5, 0.6) is 0 Å². The Kier molecular flexibility index (Phi) is 3.74. The van der Waals surface area contributed by atoms with Gasteiger partial charge in [-0.2, -0.15) is 13.2 Å². The third-order valence-electron chi connectivity index (χ3n) is 3.50. The lowest BCUT2D eigenvalue weighted by molar-refractivity contribution is -0.219. The van der Waals surface area contributed by atoms with E-state index >= 15 is 0 Å². The predicted molar refractivity (Wildman–Crippen MR) is 58.6 cm³/mol. The molecule has 1 saturated heterocycles. The molecule has 0 radical (unpaired) electrons. The van der Waals surface area contributed by atoms with Crippen molar-refractivity contribution in [3.05, 3.63) is 35.4 Å². The molecule has 0 bridgehead atoms. The Morgan fingerprint density at radius 3 is 2.55 bits per heavy atom. The molecule has 1 aliphatic heterocycles. The van der Waals surface area contributed by atoms with E-state index in [0.717, 1.165) is 18.2 Å². The van der Waals surface area contributed by atoms with E-state index in [1.807, 2.05) is 0 Å². The largest absolute Gasteiger partial charge is 0.415 e. The summed E-state index contributed by atoms with van der Waals surface area (Å²) < 4.78 is 69.9. The van der Waals surface area contributed by atoms with Crippen molar-refractivity contribution in [1.82, 2.24) is 0 Å². The van der Waals surface area contributed by atoms with Gasteiger partial charge in [0.15, 0.2) is 17.7 Å². The second-order valence-corrected chi connectivity index (χ2v) is 4.70. The molecule has 0 spiro atoms. The van der Waals surface area contributed by atoms with Crippen LogP contribution >= 0.6 is 0 Å². The van der Waals surface area contributed by atoms with Crippen molar-refractivity contribution < 1.29 is 31.8 Å². The van der Waals surface area contributed by atoms with Crippen molar-refractivity contribution in [2.24, 2.45) is 11.7 Å². The van der Waals surface area contributed by atoms with Gasteiger partial charge < -0.3 is 15.6 Å². The van der Waals surface area contributed by atoms with Gasteiger partial charge in [-0.3, -0.25) is 0 Å². The van der Waals surface area contributed by atoms with Gasteiger partial charge in [0, 0.05) is 11.5 Å². The third kappa shape index (κ3) is 2.27. The summed E-state index contributed by atoms with van der Waals surface area (Å²) in [6.07, 6.45) is -7.07. The van der Waals surface area contributed by atoms with Gasteiger partial charge in [-0.25, -0.2) is 8.78 Å². The lowest BCUT2D eigenvalue weighted by atomic mass is 9.78. The van der Waals surface area contributed by atoms with E-state index in [1.54, 1.807) is 0 Å². The standard InChI is InChI=1S/C12H12F5NO2/c13-8-3-1-2-6(9(8)14)11(18)5-20-10(7(11)4-19)12(15,16)17/h1-3,7,10,19H,4-5,18H2/t7-,10+,11-/m1/s1. The molecule has 2 rings (SSSR count). The molecule has 1 fully saturated rings. The minimum Gasteiger partial charge on any atom is -0.396 e. The zero-order chi connectivity index (χ0) is 15.1. The Morgan fingerprint density at radius 1 is 1.35 bits per heavy atom. The van der Waals surface area contributed by atoms with Crippen LogP contribution in [0.1, 0.15) is 5.56 Å². The minimum absolute atomic E-state index is 0.441. The average Bonchev–Trinajstić information content (AvgIpc) is 2.70. The second kappa shape index (κ2) is 4.94. The van der Waals surface area contributed by atoms with Crippen molar-refractivity contribution in [2.45, 2.75) is 17.8 Å². The summed E-state index contributed by atoms with van der Waals surface area (Å²) in [6.45, 7) is -1.63. The molecule has 0 aromatic heterocycles. The normalized spacial score (nSPS) is 30.8. The number of rotatable bonds is 2. The second-order valence-electron chi connectivity index (χ2n) is 4.70. The van der Waals surface area contributed by atoms with E-state index in [9.17, 15) is 27.1 Å². The molecule has 1 aromatic carbocycles. The first-order valence-corrected chi connectivity index (χ1v) is 5.74. The van der Waals surface area contributed by atoms with Crippen LogP contribution in [-0.4, -0.2) is 30.6 Å². The fraction of sp³-hybridized carbons (Fsp3) is 0.500. The van der Waals surface area contributed by atoms with Gasteiger partial charge in [0.25, 0.3) is 0 Å². The highest BCUT2D eigenvalue weighted by Gasteiger charge is 2.58. The van der Waals surface area contributed by atoms with Crippen LogP contribution in [0.15, 0.2) is 18.2 Å². The number of aliphatic hydroxyl groups is 1. The van der Waals surface area contributed by atoms with Crippen LogP contribution in [0.3, 0.4) is 0 Å². The van der Waals surface area contributed by atoms with Crippen LogP contribution in [-0.2, 0) is 10.3 Å². The highest BCUT2D eigenvalue weighted by Crippen LogP contribution is 2.44. The molecule has 0 aliphatic carbocycles. The number of hydrogen-bond donors (Lipinski definition) is 2. The van der Waals surface area contributed by atoms with E-state index in [1.165, 1.54) is 0 Å². The predicted octanol–water partition coefficient (Wildman–Crippen LogP) is 1.69. The van der Waals surface area contributed by atoms with Crippen LogP contribution < -0.4 is 5.73 Å². The quantitative estimate of drug-likeness (QED) is 0.817. The number of aliphatic hydroxyl groups excluding tert-OH is 1. The van der Waals surface area contributed by atoms with Gasteiger partial charge >= 0.3 is 6.18 Å². The fourth-order valence-corrected chi connectivity index (χ4v) is 2.44. The molecule has 0 saturated carbocycles. The summed E-state index contributed by atoms with van der Waals surface area (Å²) >= 11 is 0. The van der Waals surface area contributed by atoms with Gasteiger partial charge in [-0.05, 0) is 6.07 Å². The topological polar surface area (TPSA) is 55.5 Å².